The van der Waals surface area contributed by atoms with Crippen LogP contribution in [0.5, 0.6) is 5.75 Å². The number of rotatable bonds is 8. The van der Waals surface area contributed by atoms with Crippen molar-refractivity contribution < 1.29 is 9.53 Å². The third-order valence-electron chi connectivity index (χ3n) is 3.95. The van der Waals surface area contributed by atoms with E-state index in [0.29, 0.717) is 33.1 Å². The standard InChI is InChI=1S/C20H19Cl2N3O2S2/c1-3-8-27-17-15(21)9-14(10-16(17)22)18(26)23-19-24-25-20(29-19)28-11-13-7-5-4-6-12(13)2/h4-7,9-10H,3,8,11H2,1-2H3,(H,23,24,26). The van der Waals surface area contributed by atoms with E-state index in [-0.39, 0.29) is 5.91 Å². The molecule has 0 atom stereocenters. The van der Waals surface area contributed by atoms with E-state index in [2.05, 4.69) is 34.6 Å². The predicted octanol–water partition coefficient (Wildman–Crippen LogP) is 6.49. The van der Waals surface area contributed by atoms with Gasteiger partial charge in [0.25, 0.3) is 5.91 Å². The Labute approximate surface area is 187 Å². The summed E-state index contributed by atoms with van der Waals surface area (Å²) in [6, 6.07) is 11.3. The van der Waals surface area contributed by atoms with Gasteiger partial charge < -0.3 is 4.74 Å². The number of thioether (sulfide) groups is 1. The molecule has 29 heavy (non-hydrogen) atoms. The SMILES string of the molecule is CCCOc1c(Cl)cc(C(=O)Nc2nnc(SCc3ccccc3C)s2)cc1Cl. The molecule has 9 heteroatoms. The van der Waals surface area contributed by atoms with Crippen LogP contribution in [0.3, 0.4) is 0 Å². The number of benzene rings is 2. The van der Waals surface area contributed by atoms with E-state index >= 15 is 0 Å². The molecule has 0 fully saturated rings. The molecule has 2 aromatic carbocycles. The maximum atomic E-state index is 12.5. The lowest BCUT2D eigenvalue weighted by Crippen LogP contribution is -2.12. The molecule has 1 aromatic heterocycles. The minimum absolute atomic E-state index is 0.294. The van der Waals surface area contributed by atoms with E-state index in [1.54, 1.807) is 11.8 Å². The number of nitrogens with one attached hydrogen (secondary N) is 1. The average Bonchev–Trinajstić information content (AvgIpc) is 3.14. The number of aromatic nitrogens is 2. The van der Waals surface area contributed by atoms with E-state index in [1.807, 2.05) is 19.1 Å². The highest BCUT2D eigenvalue weighted by atomic mass is 35.5. The number of amides is 1. The summed E-state index contributed by atoms with van der Waals surface area (Å²) in [6.07, 6.45) is 0.829. The lowest BCUT2D eigenvalue weighted by atomic mass is 10.1. The first-order valence-corrected chi connectivity index (χ1v) is 11.5. The van der Waals surface area contributed by atoms with Gasteiger partial charge in [-0.2, -0.15) is 0 Å². The zero-order valence-corrected chi connectivity index (χ0v) is 19.0. The van der Waals surface area contributed by atoms with Crippen LogP contribution in [-0.2, 0) is 5.75 Å². The molecule has 0 spiro atoms. The number of aryl methyl sites for hydroxylation is 1. The Kier molecular flexibility index (Phi) is 7.77. The molecule has 0 aliphatic heterocycles. The Bertz CT molecular complexity index is 988. The van der Waals surface area contributed by atoms with E-state index in [9.17, 15) is 4.79 Å². The fourth-order valence-corrected chi connectivity index (χ4v) is 4.85. The van der Waals surface area contributed by atoms with Crippen LogP contribution in [0, 0.1) is 6.92 Å². The van der Waals surface area contributed by atoms with Gasteiger partial charge in [0, 0.05) is 11.3 Å². The number of nitrogens with zero attached hydrogens (tertiary/aromatic N) is 2. The predicted molar refractivity (Wildman–Crippen MR) is 121 cm³/mol. The molecule has 1 amide bonds. The van der Waals surface area contributed by atoms with Crippen LogP contribution in [0.2, 0.25) is 10.0 Å². The summed E-state index contributed by atoms with van der Waals surface area (Å²) >= 11 is 15.3. The van der Waals surface area contributed by atoms with Crippen molar-refractivity contribution in [1.29, 1.82) is 0 Å². The molecule has 0 unspecified atom stereocenters. The summed E-state index contributed by atoms with van der Waals surface area (Å²) in [5.41, 5.74) is 2.80. The lowest BCUT2D eigenvalue weighted by Gasteiger charge is -2.10. The largest absolute Gasteiger partial charge is 0.490 e. The van der Waals surface area contributed by atoms with Crippen molar-refractivity contribution in [1.82, 2.24) is 10.2 Å². The van der Waals surface area contributed by atoms with Gasteiger partial charge >= 0.3 is 0 Å². The molecule has 0 saturated heterocycles. The van der Waals surface area contributed by atoms with E-state index < -0.39 is 0 Å². The van der Waals surface area contributed by atoms with Crippen LogP contribution in [0.15, 0.2) is 40.7 Å². The molecule has 0 bridgehead atoms. The molecule has 0 saturated carbocycles. The van der Waals surface area contributed by atoms with Gasteiger partial charge in [-0.25, -0.2) is 0 Å². The van der Waals surface area contributed by atoms with Crippen LogP contribution >= 0.6 is 46.3 Å². The summed E-state index contributed by atoms with van der Waals surface area (Å²) in [6.45, 7) is 4.56. The first-order valence-electron chi connectivity index (χ1n) is 8.92. The van der Waals surface area contributed by atoms with Crippen molar-refractivity contribution in [3.05, 3.63) is 63.1 Å². The second-order valence-corrected chi connectivity index (χ2v) is 9.17. The Hall–Kier alpha value is -1.80. The van der Waals surface area contributed by atoms with Crippen molar-refractivity contribution in [3.63, 3.8) is 0 Å². The smallest absolute Gasteiger partial charge is 0.257 e. The summed E-state index contributed by atoms with van der Waals surface area (Å²) in [5, 5.41) is 11.9. The number of ether oxygens (including phenoxy) is 1. The third kappa shape index (κ3) is 5.85. The zero-order chi connectivity index (χ0) is 20.8. The van der Waals surface area contributed by atoms with Crippen LogP contribution in [0.25, 0.3) is 0 Å². The minimum Gasteiger partial charge on any atom is -0.490 e. The molecule has 0 radical (unpaired) electrons. The number of hydrogen-bond donors (Lipinski definition) is 1. The van der Waals surface area contributed by atoms with Gasteiger partial charge in [-0.1, -0.05) is 77.5 Å². The normalized spacial score (nSPS) is 10.8. The summed E-state index contributed by atoms with van der Waals surface area (Å²) < 4.78 is 6.31. The van der Waals surface area contributed by atoms with Crippen LogP contribution < -0.4 is 10.1 Å². The fourth-order valence-electron chi connectivity index (χ4n) is 2.43. The molecule has 1 N–H and O–H groups in total. The molecular weight excluding hydrogens is 449 g/mol. The van der Waals surface area contributed by atoms with Crippen molar-refractivity contribution in [3.8, 4) is 5.75 Å². The van der Waals surface area contributed by atoms with Crippen molar-refractivity contribution >= 4 is 57.3 Å². The van der Waals surface area contributed by atoms with Crippen LogP contribution in [-0.4, -0.2) is 22.7 Å². The van der Waals surface area contributed by atoms with Crippen molar-refractivity contribution in [2.75, 3.05) is 11.9 Å². The Morgan fingerprint density at radius 2 is 1.93 bits per heavy atom. The number of halogens is 2. The molecule has 0 aliphatic carbocycles. The third-order valence-corrected chi connectivity index (χ3v) is 6.53. The van der Waals surface area contributed by atoms with Crippen molar-refractivity contribution in [2.24, 2.45) is 0 Å². The molecule has 0 aliphatic rings. The first-order chi connectivity index (χ1) is 14.0. The molecule has 1 heterocycles. The van der Waals surface area contributed by atoms with Gasteiger partial charge in [0.2, 0.25) is 5.13 Å². The highest BCUT2D eigenvalue weighted by Gasteiger charge is 2.16. The van der Waals surface area contributed by atoms with Gasteiger partial charge in [0.05, 0.1) is 16.7 Å². The second kappa shape index (κ2) is 10.3. The molecule has 3 aromatic rings. The number of carbonyl (C=O) groups excluding carboxylic acids is 1. The van der Waals surface area contributed by atoms with E-state index in [1.165, 1.54) is 34.6 Å². The molecule has 152 valence electrons. The monoisotopic (exact) mass is 467 g/mol. The van der Waals surface area contributed by atoms with E-state index in [4.69, 9.17) is 27.9 Å². The Morgan fingerprint density at radius 3 is 2.62 bits per heavy atom. The van der Waals surface area contributed by atoms with Crippen LogP contribution in [0.4, 0.5) is 5.13 Å². The Balaban J connectivity index is 1.63. The summed E-state index contributed by atoms with van der Waals surface area (Å²) in [4.78, 5) is 12.5. The van der Waals surface area contributed by atoms with Crippen molar-refractivity contribution in [2.45, 2.75) is 30.4 Å². The quantitative estimate of drug-likeness (QED) is 0.303. The highest BCUT2D eigenvalue weighted by molar-refractivity contribution is 8.00. The summed E-state index contributed by atoms with van der Waals surface area (Å²) in [5.74, 6) is 0.819. The lowest BCUT2D eigenvalue weighted by molar-refractivity contribution is 0.102. The van der Waals surface area contributed by atoms with Gasteiger partial charge in [0.15, 0.2) is 10.1 Å². The zero-order valence-electron chi connectivity index (χ0n) is 15.9. The Morgan fingerprint density at radius 1 is 1.21 bits per heavy atom. The first kappa shape index (κ1) is 21.9. The number of anilines is 1. The number of hydrogen-bond acceptors (Lipinski definition) is 6. The maximum absolute atomic E-state index is 12.5. The van der Waals surface area contributed by atoms with Gasteiger partial charge in [-0.3, -0.25) is 10.1 Å². The number of carbonyl (C=O) groups is 1. The molecule has 5 nitrogen and oxygen atoms in total. The summed E-state index contributed by atoms with van der Waals surface area (Å²) in [7, 11) is 0. The van der Waals surface area contributed by atoms with Gasteiger partial charge in [-0.15, -0.1) is 10.2 Å². The minimum atomic E-state index is -0.359. The molecule has 3 rings (SSSR count). The second-order valence-electron chi connectivity index (χ2n) is 6.16. The highest BCUT2D eigenvalue weighted by Crippen LogP contribution is 2.35. The topological polar surface area (TPSA) is 64.1 Å². The maximum Gasteiger partial charge on any atom is 0.257 e. The van der Waals surface area contributed by atoms with Gasteiger partial charge in [0.1, 0.15) is 0 Å². The fraction of sp³-hybridized carbons (Fsp3) is 0.250. The van der Waals surface area contributed by atoms with Gasteiger partial charge in [-0.05, 0) is 36.6 Å². The van der Waals surface area contributed by atoms with Crippen LogP contribution in [0.1, 0.15) is 34.8 Å². The molecular formula is C20H19Cl2N3O2S2. The average molecular weight is 468 g/mol. The van der Waals surface area contributed by atoms with E-state index in [0.717, 1.165) is 16.5 Å².